The van der Waals surface area contributed by atoms with Crippen LogP contribution in [0.5, 0.6) is 0 Å². The number of hydrogen-bond acceptors (Lipinski definition) is 2. The SMILES string of the molecule is Cl.N[C@@H](CCC(F)(F)F)c1ccc(Br)cn1. The van der Waals surface area contributed by atoms with Gasteiger partial charge in [0, 0.05) is 23.1 Å². The third-order valence-electron chi connectivity index (χ3n) is 1.87. The molecule has 1 aromatic heterocycles. The van der Waals surface area contributed by atoms with Crippen LogP contribution in [0.25, 0.3) is 0 Å². The molecule has 0 unspecified atom stereocenters. The lowest BCUT2D eigenvalue weighted by molar-refractivity contribution is -0.136. The second-order valence-corrected chi connectivity index (χ2v) is 4.08. The van der Waals surface area contributed by atoms with Crippen LogP contribution < -0.4 is 5.73 Å². The number of rotatable bonds is 3. The van der Waals surface area contributed by atoms with E-state index in [1.807, 2.05) is 0 Å². The fourth-order valence-electron chi connectivity index (χ4n) is 1.07. The highest BCUT2D eigenvalue weighted by atomic mass is 79.9. The third kappa shape index (κ3) is 5.67. The van der Waals surface area contributed by atoms with E-state index in [0.29, 0.717) is 5.69 Å². The van der Waals surface area contributed by atoms with Gasteiger partial charge in [-0.1, -0.05) is 0 Å². The molecular formula is C9H11BrClF3N2. The number of alkyl halides is 3. The summed E-state index contributed by atoms with van der Waals surface area (Å²) in [6, 6.07) is 2.65. The first kappa shape index (κ1) is 15.7. The van der Waals surface area contributed by atoms with E-state index in [4.69, 9.17) is 5.73 Å². The molecule has 92 valence electrons. The first-order chi connectivity index (χ1) is 6.88. The van der Waals surface area contributed by atoms with Gasteiger partial charge < -0.3 is 5.73 Å². The van der Waals surface area contributed by atoms with Crippen molar-refractivity contribution in [2.45, 2.75) is 25.1 Å². The van der Waals surface area contributed by atoms with E-state index in [9.17, 15) is 13.2 Å². The second kappa shape index (κ2) is 6.42. The van der Waals surface area contributed by atoms with Crippen LogP contribution in [0, 0.1) is 0 Å². The van der Waals surface area contributed by atoms with Crippen LogP contribution in [-0.2, 0) is 0 Å². The van der Waals surface area contributed by atoms with Crippen molar-refractivity contribution in [1.29, 1.82) is 0 Å². The van der Waals surface area contributed by atoms with E-state index in [1.165, 1.54) is 6.20 Å². The average Bonchev–Trinajstić information content (AvgIpc) is 2.14. The monoisotopic (exact) mass is 318 g/mol. The summed E-state index contributed by atoms with van der Waals surface area (Å²) >= 11 is 3.18. The van der Waals surface area contributed by atoms with E-state index in [1.54, 1.807) is 12.1 Å². The van der Waals surface area contributed by atoms with Crippen molar-refractivity contribution < 1.29 is 13.2 Å². The van der Waals surface area contributed by atoms with Gasteiger partial charge in [0.25, 0.3) is 0 Å². The second-order valence-electron chi connectivity index (χ2n) is 3.16. The summed E-state index contributed by atoms with van der Waals surface area (Å²) in [4.78, 5) is 3.94. The number of aromatic nitrogens is 1. The molecular weight excluding hydrogens is 308 g/mol. The topological polar surface area (TPSA) is 38.9 Å². The van der Waals surface area contributed by atoms with Crippen molar-refractivity contribution in [3.8, 4) is 0 Å². The highest BCUT2D eigenvalue weighted by Crippen LogP contribution is 2.25. The molecule has 0 aliphatic carbocycles. The molecule has 0 spiro atoms. The third-order valence-corrected chi connectivity index (χ3v) is 2.34. The Hall–Kier alpha value is -0.330. The summed E-state index contributed by atoms with van der Waals surface area (Å²) in [6.45, 7) is 0. The minimum Gasteiger partial charge on any atom is -0.323 e. The summed E-state index contributed by atoms with van der Waals surface area (Å²) < 4.78 is 36.5. The van der Waals surface area contributed by atoms with Gasteiger partial charge in [-0.3, -0.25) is 4.98 Å². The molecule has 2 N–H and O–H groups in total. The zero-order chi connectivity index (χ0) is 11.5. The summed E-state index contributed by atoms with van der Waals surface area (Å²) in [5.74, 6) is 0. The predicted octanol–water partition coefficient (Wildman–Crippen LogP) is 3.61. The summed E-state index contributed by atoms with van der Waals surface area (Å²) in [5, 5.41) is 0. The minimum atomic E-state index is -4.16. The molecule has 1 aromatic rings. The Morgan fingerprint density at radius 1 is 1.38 bits per heavy atom. The molecule has 0 aliphatic rings. The lowest BCUT2D eigenvalue weighted by Gasteiger charge is -2.12. The van der Waals surface area contributed by atoms with Crippen molar-refractivity contribution >= 4 is 28.3 Å². The van der Waals surface area contributed by atoms with Crippen LogP contribution in [-0.4, -0.2) is 11.2 Å². The number of halogens is 5. The Labute approximate surface area is 106 Å². The molecule has 0 bridgehead atoms. The van der Waals surface area contributed by atoms with Crippen LogP contribution in [0.15, 0.2) is 22.8 Å². The van der Waals surface area contributed by atoms with Crippen molar-refractivity contribution in [3.63, 3.8) is 0 Å². The molecule has 0 saturated carbocycles. The number of pyridine rings is 1. The minimum absolute atomic E-state index is 0. The molecule has 1 rings (SSSR count). The van der Waals surface area contributed by atoms with Gasteiger partial charge in [0.15, 0.2) is 0 Å². The Balaban J connectivity index is 0.00000225. The highest BCUT2D eigenvalue weighted by Gasteiger charge is 2.27. The van der Waals surface area contributed by atoms with Crippen LogP contribution in [0.2, 0.25) is 0 Å². The van der Waals surface area contributed by atoms with Gasteiger partial charge in [0.2, 0.25) is 0 Å². The van der Waals surface area contributed by atoms with Crippen molar-refractivity contribution in [3.05, 3.63) is 28.5 Å². The maximum Gasteiger partial charge on any atom is 0.389 e. The molecule has 1 heterocycles. The Morgan fingerprint density at radius 3 is 2.44 bits per heavy atom. The molecule has 0 saturated heterocycles. The summed E-state index contributed by atoms with van der Waals surface area (Å²) in [6.07, 6.45) is -3.67. The Bertz CT molecular complexity index is 316. The van der Waals surface area contributed by atoms with Crippen LogP contribution in [0.3, 0.4) is 0 Å². The lowest BCUT2D eigenvalue weighted by Crippen LogP contribution is -2.16. The Morgan fingerprint density at radius 2 is 2.00 bits per heavy atom. The fraction of sp³-hybridized carbons (Fsp3) is 0.444. The van der Waals surface area contributed by atoms with E-state index in [0.717, 1.165) is 4.47 Å². The highest BCUT2D eigenvalue weighted by molar-refractivity contribution is 9.10. The summed E-state index contributed by atoms with van der Waals surface area (Å²) in [5.41, 5.74) is 6.05. The van der Waals surface area contributed by atoms with Gasteiger partial charge in [-0.15, -0.1) is 12.4 Å². The zero-order valence-electron chi connectivity index (χ0n) is 8.17. The predicted molar refractivity (Wildman–Crippen MR) is 61.4 cm³/mol. The quantitative estimate of drug-likeness (QED) is 0.924. The fourth-order valence-corrected chi connectivity index (χ4v) is 1.31. The lowest BCUT2D eigenvalue weighted by atomic mass is 10.1. The largest absolute Gasteiger partial charge is 0.389 e. The van der Waals surface area contributed by atoms with Crippen molar-refractivity contribution in [1.82, 2.24) is 4.98 Å². The molecule has 2 nitrogen and oxygen atoms in total. The normalized spacial score (nSPS) is 13.1. The van der Waals surface area contributed by atoms with Gasteiger partial charge in [0.05, 0.1) is 5.69 Å². The van der Waals surface area contributed by atoms with Crippen molar-refractivity contribution in [2.24, 2.45) is 5.73 Å². The van der Waals surface area contributed by atoms with E-state index in [2.05, 4.69) is 20.9 Å². The zero-order valence-corrected chi connectivity index (χ0v) is 10.6. The number of hydrogen-bond donors (Lipinski definition) is 1. The van der Waals surface area contributed by atoms with Gasteiger partial charge >= 0.3 is 6.18 Å². The van der Waals surface area contributed by atoms with Gasteiger partial charge in [-0.2, -0.15) is 13.2 Å². The van der Waals surface area contributed by atoms with E-state index < -0.39 is 18.6 Å². The Kier molecular flexibility index (Phi) is 6.28. The first-order valence-corrected chi connectivity index (χ1v) is 5.11. The molecule has 1 atom stereocenters. The van der Waals surface area contributed by atoms with Gasteiger partial charge in [-0.05, 0) is 34.5 Å². The maximum atomic E-state index is 11.9. The summed E-state index contributed by atoms with van der Waals surface area (Å²) in [7, 11) is 0. The van der Waals surface area contributed by atoms with Crippen LogP contribution in [0.1, 0.15) is 24.6 Å². The number of nitrogens with two attached hydrogens (primary N) is 1. The first-order valence-electron chi connectivity index (χ1n) is 4.32. The van der Waals surface area contributed by atoms with Gasteiger partial charge in [-0.25, -0.2) is 0 Å². The van der Waals surface area contributed by atoms with Crippen LogP contribution >= 0.6 is 28.3 Å². The smallest absolute Gasteiger partial charge is 0.323 e. The molecule has 0 radical (unpaired) electrons. The van der Waals surface area contributed by atoms with E-state index >= 15 is 0 Å². The standard InChI is InChI=1S/C9H10BrF3N2.ClH/c10-6-1-2-8(15-5-6)7(14)3-4-9(11,12)13;/h1-2,5,7H,3-4,14H2;1H/t7-;/m0./s1. The molecule has 16 heavy (non-hydrogen) atoms. The molecule has 0 amide bonds. The molecule has 0 aromatic carbocycles. The van der Waals surface area contributed by atoms with Gasteiger partial charge in [0.1, 0.15) is 0 Å². The average molecular weight is 320 g/mol. The van der Waals surface area contributed by atoms with Crippen molar-refractivity contribution in [2.75, 3.05) is 0 Å². The van der Waals surface area contributed by atoms with E-state index in [-0.39, 0.29) is 18.8 Å². The molecule has 0 aliphatic heterocycles. The maximum absolute atomic E-state index is 11.9. The molecule has 0 fully saturated rings. The molecule has 7 heteroatoms. The number of nitrogens with zero attached hydrogens (tertiary/aromatic N) is 1. The van der Waals surface area contributed by atoms with Crippen LogP contribution in [0.4, 0.5) is 13.2 Å².